The Balaban J connectivity index is 2.13. The normalized spacial score (nSPS) is 11.9. The second-order valence-electron chi connectivity index (χ2n) is 4.79. The molecule has 0 aromatic heterocycles. The Morgan fingerprint density at radius 3 is 2.65 bits per heavy atom. The van der Waals surface area contributed by atoms with Gasteiger partial charge in [-0.05, 0) is 36.8 Å². The van der Waals surface area contributed by atoms with Gasteiger partial charge in [0.15, 0.2) is 0 Å². The lowest BCUT2D eigenvalue weighted by Crippen LogP contribution is -3.02. The molecule has 0 heterocycles. The minimum absolute atomic E-state index is 0.0641. The van der Waals surface area contributed by atoms with Gasteiger partial charge in [0, 0.05) is 5.56 Å². The molecular formula is C16H17NO3. The van der Waals surface area contributed by atoms with Crippen LogP contribution in [0.4, 0.5) is 0 Å². The van der Waals surface area contributed by atoms with Crippen molar-refractivity contribution in [2.24, 2.45) is 0 Å². The van der Waals surface area contributed by atoms with E-state index < -0.39 is 5.97 Å². The number of aryl methyl sites for hydroxylation is 1. The van der Waals surface area contributed by atoms with Crippen molar-refractivity contribution in [3.63, 3.8) is 0 Å². The highest BCUT2D eigenvalue weighted by molar-refractivity contribution is 5.91. The van der Waals surface area contributed by atoms with Crippen LogP contribution in [0.25, 0.3) is 0 Å². The van der Waals surface area contributed by atoms with Crippen LogP contribution in [0, 0.1) is 12.1 Å². The first-order valence-electron chi connectivity index (χ1n) is 6.42. The molecule has 1 atom stereocenters. The number of hydroxylamine groups is 2. The maximum Gasteiger partial charge on any atom is 0.343 e. The Bertz CT molecular complexity index is 608. The summed E-state index contributed by atoms with van der Waals surface area (Å²) in [6, 6.07) is 14.3. The molecule has 0 aliphatic heterocycles. The van der Waals surface area contributed by atoms with Gasteiger partial charge >= 0.3 is 5.97 Å². The molecule has 104 valence electrons. The zero-order chi connectivity index (χ0) is 14.5. The summed E-state index contributed by atoms with van der Waals surface area (Å²) in [4.78, 5) is 12.1. The molecule has 0 radical (unpaired) electrons. The summed E-state index contributed by atoms with van der Waals surface area (Å²) in [5.41, 5.74) is 2.29. The highest BCUT2D eigenvalue weighted by Gasteiger charge is 2.09. The van der Waals surface area contributed by atoms with Crippen LogP contribution in [0.15, 0.2) is 48.5 Å². The van der Waals surface area contributed by atoms with E-state index in [1.165, 1.54) is 7.05 Å². The van der Waals surface area contributed by atoms with Gasteiger partial charge in [-0.15, -0.1) is 0 Å². The molecule has 0 bridgehead atoms. The van der Waals surface area contributed by atoms with Crippen LogP contribution in [-0.4, -0.2) is 13.0 Å². The molecule has 20 heavy (non-hydrogen) atoms. The molecule has 1 unspecified atom stereocenters. The van der Waals surface area contributed by atoms with Crippen molar-refractivity contribution in [3.8, 4) is 5.75 Å². The minimum Gasteiger partial charge on any atom is -0.634 e. The molecule has 0 saturated carbocycles. The zero-order valence-electron chi connectivity index (χ0n) is 11.6. The van der Waals surface area contributed by atoms with E-state index in [1.54, 1.807) is 30.3 Å². The third kappa shape index (κ3) is 3.91. The maximum absolute atomic E-state index is 12.1. The van der Waals surface area contributed by atoms with Crippen LogP contribution in [0.3, 0.4) is 0 Å². The smallest absolute Gasteiger partial charge is 0.343 e. The number of carbonyl (C=O) groups is 1. The van der Waals surface area contributed by atoms with E-state index in [4.69, 9.17) is 4.74 Å². The largest absolute Gasteiger partial charge is 0.634 e. The number of hydrogen-bond donors (Lipinski definition) is 1. The molecule has 0 amide bonds. The molecule has 4 nitrogen and oxygen atoms in total. The molecule has 0 saturated heterocycles. The summed E-state index contributed by atoms with van der Waals surface area (Å²) < 4.78 is 5.32. The van der Waals surface area contributed by atoms with Crippen LogP contribution in [0.5, 0.6) is 5.75 Å². The van der Waals surface area contributed by atoms with E-state index in [9.17, 15) is 10.0 Å². The maximum atomic E-state index is 12.1. The van der Waals surface area contributed by atoms with Crippen LogP contribution in [0.2, 0.25) is 0 Å². The lowest BCUT2D eigenvalue weighted by molar-refractivity contribution is -0.840. The van der Waals surface area contributed by atoms with Crippen molar-refractivity contribution < 1.29 is 14.6 Å². The van der Waals surface area contributed by atoms with Gasteiger partial charge < -0.3 is 15.0 Å². The Morgan fingerprint density at radius 2 is 1.95 bits per heavy atom. The molecule has 2 aromatic carbocycles. The molecular weight excluding hydrogens is 254 g/mol. The topological polar surface area (TPSA) is 53.8 Å². The van der Waals surface area contributed by atoms with Crippen LogP contribution < -0.4 is 9.80 Å². The molecule has 2 rings (SSSR count). The summed E-state index contributed by atoms with van der Waals surface area (Å²) in [5, 5.41) is 11.2. The lowest BCUT2D eigenvalue weighted by Gasteiger charge is -2.16. The second-order valence-corrected chi connectivity index (χ2v) is 4.79. The molecule has 2 aromatic rings. The first-order valence-corrected chi connectivity index (χ1v) is 6.42. The third-order valence-corrected chi connectivity index (χ3v) is 2.82. The molecule has 0 aliphatic rings. The Morgan fingerprint density at radius 1 is 1.20 bits per heavy atom. The first-order chi connectivity index (χ1) is 9.54. The zero-order valence-corrected chi connectivity index (χ0v) is 11.6. The number of quaternary nitrogens is 1. The van der Waals surface area contributed by atoms with Crippen molar-refractivity contribution in [1.29, 1.82) is 0 Å². The molecule has 0 spiro atoms. The van der Waals surface area contributed by atoms with Crippen molar-refractivity contribution in [3.05, 3.63) is 70.4 Å². The first kappa shape index (κ1) is 14.2. The Labute approximate surface area is 118 Å². The fourth-order valence-electron chi connectivity index (χ4n) is 1.94. The summed E-state index contributed by atoms with van der Waals surface area (Å²) in [6.45, 7) is 2.26. The highest BCUT2D eigenvalue weighted by Crippen LogP contribution is 2.15. The fraction of sp³-hybridized carbons (Fsp3) is 0.188. The average Bonchev–Trinajstić information content (AvgIpc) is 2.38. The van der Waals surface area contributed by atoms with Crippen LogP contribution >= 0.6 is 0 Å². The Hall–Kier alpha value is -2.17. The van der Waals surface area contributed by atoms with E-state index in [-0.39, 0.29) is 5.06 Å². The van der Waals surface area contributed by atoms with Gasteiger partial charge in [-0.1, -0.05) is 24.3 Å². The summed E-state index contributed by atoms with van der Waals surface area (Å²) in [7, 11) is 1.53. The van der Waals surface area contributed by atoms with E-state index in [0.717, 1.165) is 11.1 Å². The average molecular weight is 271 g/mol. The monoisotopic (exact) mass is 271 g/mol. The fourth-order valence-corrected chi connectivity index (χ4v) is 1.94. The Kier molecular flexibility index (Phi) is 4.50. The predicted octanol–water partition coefficient (Wildman–Crippen LogP) is 1.73. The van der Waals surface area contributed by atoms with E-state index in [2.05, 4.69) is 0 Å². The number of rotatable bonds is 4. The summed E-state index contributed by atoms with van der Waals surface area (Å²) in [5.74, 6) is 0.105. The van der Waals surface area contributed by atoms with E-state index in [0.29, 0.717) is 17.9 Å². The van der Waals surface area contributed by atoms with Crippen LogP contribution in [0.1, 0.15) is 21.5 Å². The number of ether oxygens (including phenoxy) is 1. The van der Waals surface area contributed by atoms with Crippen molar-refractivity contribution in [2.75, 3.05) is 7.05 Å². The number of nitrogens with one attached hydrogen (secondary N) is 1. The number of carbonyl (C=O) groups excluding carboxylic acids is 1. The van der Waals surface area contributed by atoms with Crippen LogP contribution in [-0.2, 0) is 6.54 Å². The standard InChI is InChI=1S/C16H17NO3/c1-12-5-3-8-15(9-12)20-16(18)14-7-4-6-13(10-14)11-17(2)19/h3-10,17H,11H2,1-2H3. The number of esters is 1. The van der Waals surface area contributed by atoms with Gasteiger partial charge in [-0.25, -0.2) is 4.79 Å². The molecule has 4 heteroatoms. The van der Waals surface area contributed by atoms with Crippen molar-refractivity contribution in [2.45, 2.75) is 13.5 Å². The van der Waals surface area contributed by atoms with Gasteiger partial charge in [-0.3, -0.25) is 0 Å². The number of hydrogen-bond acceptors (Lipinski definition) is 3. The minimum atomic E-state index is -0.416. The van der Waals surface area contributed by atoms with Crippen molar-refractivity contribution >= 4 is 5.97 Å². The predicted molar refractivity (Wildman–Crippen MR) is 76.5 cm³/mol. The SMILES string of the molecule is Cc1cccc(OC(=O)c2cccc(C[NH+](C)[O-])c2)c1. The van der Waals surface area contributed by atoms with E-state index in [1.807, 2.05) is 25.1 Å². The molecule has 0 aliphatic carbocycles. The number of benzene rings is 2. The quantitative estimate of drug-likeness (QED) is 0.523. The lowest BCUT2D eigenvalue weighted by atomic mass is 10.1. The summed E-state index contributed by atoms with van der Waals surface area (Å²) >= 11 is 0. The third-order valence-electron chi connectivity index (χ3n) is 2.82. The molecule has 0 fully saturated rings. The van der Waals surface area contributed by atoms with Gasteiger partial charge in [-0.2, -0.15) is 0 Å². The summed E-state index contributed by atoms with van der Waals surface area (Å²) in [6.07, 6.45) is 0. The van der Waals surface area contributed by atoms with Gasteiger partial charge in [0.2, 0.25) is 0 Å². The van der Waals surface area contributed by atoms with Gasteiger partial charge in [0.25, 0.3) is 0 Å². The second kappa shape index (κ2) is 6.32. The van der Waals surface area contributed by atoms with Gasteiger partial charge in [0.1, 0.15) is 12.3 Å². The van der Waals surface area contributed by atoms with E-state index >= 15 is 0 Å². The molecule has 1 N–H and O–H groups in total. The highest BCUT2D eigenvalue weighted by atomic mass is 16.5. The van der Waals surface area contributed by atoms with Crippen molar-refractivity contribution in [1.82, 2.24) is 0 Å². The van der Waals surface area contributed by atoms with Gasteiger partial charge in [0.05, 0.1) is 12.6 Å².